The van der Waals surface area contributed by atoms with Crippen LogP contribution in [0.1, 0.15) is 24.2 Å². The van der Waals surface area contributed by atoms with E-state index in [2.05, 4.69) is 21.9 Å². The molecule has 0 aromatic carbocycles. The Kier molecular flexibility index (Phi) is 2.69. The number of nitrogens with one attached hydrogen (secondary N) is 1. The van der Waals surface area contributed by atoms with Gasteiger partial charge < -0.3 is 15.0 Å². The van der Waals surface area contributed by atoms with Crippen LogP contribution in [-0.2, 0) is 23.7 Å². The Morgan fingerprint density at radius 1 is 1.71 bits per heavy atom. The molecule has 2 atom stereocenters. The number of ether oxygens (including phenoxy) is 1. The van der Waals surface area contributed by atoms with Crippen LogP contribution in [0.5, 0.6) is 0 Å². The van der Waals surface area contributed by atoms with E-state index in [-0.39, 0.29) is 5.54 Å². The molecule has 2 unspecified atom stereocenters. The SMILES string of the molecule is Cn1cnc2c1C1(CCCOC1)NC(CN)C2. The van der Waals surface area contributed by atoms with E-state index in [0.29, 0.717) is 12.6 Å². The van der Waals surface area contributed by atoms with Gasteiger partial charge in [0.05, 0.1) is 29.9 Å². The van der Waals surface area contributed by atoms with Gasteiger partial charge in [0.2, 0.25) is 0 Å². The van der Waals surface area contributed by atoms with Crippen LogP contribution in [-0.4, -0.2) is 35.4 Å². The fraction of sp³-hybridized carbons (Fsp3) is 0.750. The minimum Gasteiger partial charge on any atom is -0.379 e. The fourth-order valence-electron chi connectivity index (χ4n) is 3.22. The summed E-state index contributed by atoms with van der Waals surface area (Å²) in [5.74, 6) is 0. The maximum atomic E-state index is 5.82. The van der Waals surface area contributed by atoms with Crippen LogP contribution in [0.15, 0.2) is 6.33 Å². The summed E-state index contributed by atoms with van der Waals surface area (Å²) in [7, 11) is 2.06. The Labute approximate surface area is 101 Å². The van der Waals surface area contributed by atoms with E-state index in [9.17, 15) is 0 Å². The van der Waals surface area contributed by atoms with E-state index < -0.39 is 0 Å². The minimum atomic E-state index is -0.0683. The Morgan fingerprint density at radius 3 is 3.29 bits per heavy atom. The number of fused-ring (bicyclic) bond motifs is 2. The van der Waals surface area contributed by atoms with Crippen molar-refractivity contribution in [1.29, 1.82) is 0 Å². The molecule has 3 heterocycles. The number of aromatic nitrogens is 2. The molecule has 5 heteroatoms. The maximum Gasteiger partial charge on any atom is 0.0949 e. The third-order valence-corrected chi connectivity index (χ3v) is 3.91. The third-order valence-electron chi connectivity index (χ3n) is 3.91. The highest BCUT2D eigenvalue weighted by molar-refractivity contribution is 5.29. The molecule has 2 aliphatic heterocycles. The lowest BCUT2D eigenvalue weighted by molar-refractivity contribution is 0.00490. The first kappa shape index (κ1) is 11.2. The van der Waals surface area contributed by atoms with Crippen LogP contribution in [0.25, 0.3) is 0 Å². The molecule has 1 fully saturated rings. The number of aryl methyl sites for hydroxylation is 1. The zero-order chi connectivity index (χ0) is 11.9. The van der Waals surface area contributed by atoms with Crippen molar-refractivity contribution < 1.29 is 4.74 Å². The Bertz CT molecular complexity index is 409. The fourth-order valence-corrected chi connectivity index (χ4v) is 3.22. The first-order valence-corrected chi connectivity index (χ1v) is 6.31. The molecule has 2 aliphatic rings. The molecule has 94 valence electrons. The van der Waals surface area contributed by atoms with Crippen molar-refractivity contribution in [2.45, 2.75) is 30.8 Å². The highest BCUT2D eigenvalue weighted by Gasteiger charge is 2.43. The molecule has 3 rings (SSSR count). The van der Waals surface area contributed by atoms with Gasteiger partial charge >= 0.3 is 0 Å². The molecular weight excluding hydrogens is 216 g/mol. The van der Waals surface area contributed by atoms with Gasteiger partial charge in [0.15, 0.2) is 0 Å². The highest BCUT2D eigenvalue weighted by Crippen LogP contribution is 2.36. The lowest BCUT2D eigenvalue weighted by atomic mass is 9.82. The normalized spacial score (nSPS) is 32.7. The van der Waals surface area contributed by atoms with E-state index in [4.69, 9.17) is 10.5 Å². The van der Waals surface area contributed by atoms with Crippen LogP contribution < -0.4 is 11.1 Å². The summed E-state index contributed by atoms with van der Waals surface area (Å²) in [5.41, 5.74) is 8.23. The van der Waals surface area contributed by atoms with Crippen molar-refractivity contribution >= 4 is 0 Å². The zero-order valence-electron chi connectivity index (χ0n) is 10.3. The molecular formula is C12H20N4O. The quantitative estimate of drug-likeness (QED) is 0.714. The summed E-state index contributed by atoms with van der Waals surface area (Å²) in [5, 5.41) is 3.69. The van der Waals surface area contributed by atoms with Gasteiger partial charge in [-0.25, -0.2) is 4.98 Å². The van der Waals surface area contributed by atoms with E-state index in [0.717, 1.165) is 32.5 Å². The molecule has 5 nitrogen and oxygen atoms in total. The van der Waals surface area contributed by atoms with Gasteiger partial charge in [0.25, 0.3) is 0 Å². The van der Waals surface area contributed by atoms with Crippen molar-refractivity contribution in [3.63, 3.8) is 0 Å². The lowest BCUT2D eigenvalue weighted by Gasteiger charge is -2.44. The third kappa shape index (κ3) is 1.69. The summed E-state index contributed by atoms with van der Waals surface area (Å²) in [6.45, 7) is 2.25. The molecule has 1 saturated heterocycles. The second kappa shape index (κ2) is 4.08. The summed E-state index contributed by atoms with van der Waals surface area (Å²) in [6, 6.07) is 0.319. The molecule has 0 amide bonds. The number of nitrogens with zero attached hydrogens (tertiary/aromatic N) is 2. The maximum absolute atomic E-state index is 5.82. The average Bonchev–Trinajstić information content (AvgIpc) is 2.73. The van der Waals surface area contributed by atoms with Crippen molar-refractivity contribution in [3.8, 4) is 0 Å². The van der Waals surface area contributed by atoms with Gasteiger partial charge in [-0.15, -0.1) is 0 Å². The molecule has 17 heavy (non-hydrogen) atoms. The van der Waals surface area contributed by atoms with Crippen LogP contribution in [0.3, 0.4) is 0 Å². The van der Waals surface area contributed by atoms with Crippen LogP contribution >= 0.6 is 0 Å². The standard InChI is InChI=1S/C12H20N4O/c1-16-8-14-10-5-9(6-13)15-12(11(10)16)3-2-4-17-7-12/h8-9,15H,2-7,13H2,1H3. The highest BCUT2D eigenvalue weighted by atomic mass is 16.5. The van der Waals surface area contributed by atoms with Gasteiger partial charge in [0.1, 0.15) is 0 Å². The number of hydrogen-bond donors (Lipinski definition) is 2. The van der Waals surface area contributed by atoms with Gasteiger partial charge in [-0.2, -0.15) is 0 Å². The number of hydrogen-bond acceptors (Lipinski definition) is 4. The monoisotopic (exact) mass is 236 g/mol. The molecule has 1 spiro atoms. The van der Waals surface area contributed by atoms with E-state index in [1.807, 2.05) is 6.33 Å². The second-order valence-corrected chi connectivity index (χ2v) is 5.17. The van der Waals surface area contributed by atoms with Gasteiger partial charge in [-0.3, -0.25) is 5.32 Å². The summed E-state index contributed by atoms with van der Waals surface area (Å²) in [6.07, 6.45) is 5.03. The minimum absolute atomic E-state index is 0.0683. The Balaban J connectivity index is 2.04. The van der Waals surface area contributed by atoms with Crippen LogP contribution in [0.4, 0.5) is 0 Å². The molecule has 1 aromatic heterocycles. The predicted octanol–water partition coefficient (Wildman–Crippen LogP) is -0.101. The number of rotatable bonds is 1. The van der Waals surface area contributed by atoms with Crippen LogP contribution in [0, 0.1) is 0 Å². The summed E-state index contributed by atoms with van der Waals surface area (Å²) >= 11 is 0. The van der Waals surface area contributed by atoms with Crippen molar-refractivity contribution in [1.82, 2.24) is 14.9 Å². The second-order valence-electron chi connectivity index (χ2n) is 5.17. The average molecular weight is 236 g/mol. The molecule has 1 aromatic rings. The molecule has 0 bridgehead atoms. The summed E-state index contributed by atoms with van der Waals surface area (Å²) in [4.78, 5) is 4.52. The van der Waals surface area contributed by atoms with Gasteiger partial charge in [-0.05, 0) is 12.8 Å². The topological polar surface area (TPSA) is 65.1 Å². The number of nitrogens with two attached hydrogens (primary N) is 1. The van der Waals surface area contributed by atoms with Crippen LogP contribution in [0.2, 0.25) is 0 Å². The predicted molar refractivity (Wildman–Crippen MR) is 64.6 cm³/mol. The first-order valence-electron chi connectivity index (χ1n) is 6.31. The van der Waals surface area contributed by atoms with Gasteiger partial charge in [0, 0.05) is 32.7 Å². The van der Waals surface area contributed by atoms with Crippen molar-refractivity contribution in [3.05, 3.63) is 17.7 Å². The van der Waals surface area contributed by atoms with E-state index in [1.165, 1.54) is 11.4 Å². The van der Waals surface area contributed by atoms with Crippen molar-refractivity contribution in [2.75, 3.05) is 19.8 Å². The largest absolute Gasteiger partial charge is 0.379 e. The molecule has 0 aliphatic carbocycles. The Morgan fingerprint density at radius 2 is 2.59 bits per heavy atom. The molecule has 3 N–H and O–H groups in total. The first-order chi connectivity index (χ1) is 8.25. The lowest BCUT2D eigenvalue weighted by Crippen LogP contribution is -2.59. The molecule has 0 saturated carbocycles. The number of imidazole rings is 1. The smallest absolute Gasteiger partial charge is 0.0949 e. The van der Waals surface area contributed by atoms with E-state index in [1.54, 1.807) is 0 Å². The van der Waals surface area contributed by atoms with E-state index >= 15 is 0 Å². The van der Waals surface area contributed by atoms with Crippen molar-refractivity contribution in [2.24, 2.45) is 12.8 Å². The Hall–Kier alpha value is -0.910. The van der Waals surface area contributed by atoms with Gasteiger partial charge in [-0.1, -0.05) is 0 Å². The molecule has 0 radical (unpaired) electrons. The zero-order valence-corrected chi connectivity index (χ0v) is 10.3. The summed E-state index contributed by atoms with van der Waals surface area (Å²) < 4.78 is 7.82.